The maximum absolute atomic E-state index is 9.65. The van der Waals surface area contributed by atoms with Gasteiger partial charge in [-0.15, -0.1) is 0 Å². The third-order valence-electron chi connectivity index (χ3n) is 3.05. The molecule has 17 heavy (non-hydrogen) atoms. The number of hydrogen-bond donors (Lipinski definition) is 4. The first-order valence-corrected chi connectivity index (χ1v) is 6.37. The lowest BCUT2D eigenvalue weighted by molar-refractivity contribution is -0.0160. The lowest BCUT2D eigenvalue weighted by atomic mass is 10.1. The molecule has 4 N–H and O–H groups in total. The molecule has 0 aromatic carbocycles. The molecule has 0 spiro atoms. The number of rotatable bonds is 8. The van der Waals surface area contributed by atoms with Gasteiger partial charge in [-0.3, -0.25) is 0 Å². The summed E-state index contributed by atoms with van der Waals surface area (Å²) in [5, 5.41) is 30.9. The van der Waals surface area contributed by atoms with E-state index in [1.54, 1.807) is 6.92 Å². The van der Waals surface area contributed by atoms with Crippen LogP contribution in [-0.4, -0.2) is 59.4 Å². The van der Waals surface area contributed by atoms with E-state index in [0.717, 1.165) is 12.8 Å². The molecule has 1 aliphatic rings. The van der Waals surface area contributed by atoms with Crippen molar-refractivity contribution in [1.82, 2.24) is 5.32 Å². The second-order valence-corrected chi connectivity index (χ2v) is 5.18. The van der Waals surface area contributed by atoms with Crippen molar-refractivity contribution in [1.29, 1.82) is 0 Å². The van der Waals surface area contributed by atoms with Crippen molar-refractivity contribution in [3.8, 4) is 0 Å². The van der Waals surface area contributed by atoms with Gasteiger partial charge in [-0.2, -0.15) is 0 Å². The molecule has 0 aromatic heterocycles. The van der Waals surface area contributed by atoms with Crippen LogP contribution in [0.3, 0.4) is 0 Å². The van der Waals surface area contributed by atoms with Crippen LogP contribution in [-0.2, 0) is 4.74 Å². The van der Waals surface area contributed by atoms with Gasteiger partial charge in [-0.25, -0.2) is 0 Å². The van der Waals surface area contributed by atoms with E-state index in [1.807, 2.05) is 0 Å². The van der Waals surface area contributed by atoms with Crippen LogP contribution in [0.2, 0.25) is 0 Å². The predicted octanol–water partition coefficient (Wildman–Crippen LogP) is -0.361. The zero-order valence-corrected chi connectivity index (χ0v) is 10.6. The molecular weight excluding hydrogens is 222 g/mol. The van der Waals surface area contributed by atoms with Crippen LogP contribution in [0.4, 0.5) is 0 Å². The van der Waals surface area contributed by atoms with E-state index in [1.165, 1.54) is 12.8 Å². The minimum Gasteiger partial charge on any atom is -0.393 e. The molecule has 0 aliphatic heterocycles. The summed E-state index contributed by atoms with van der Waals surface area (Å²) in [7, 11) is 0. The standard InChI is InChI=1S/C12H25NO4/c1-12(16,9-14)8-13-6-10(15)7-17-11-4-2-3-5-11/h10-11,13-16H,2-9H2,1H3. The summed E-state index contributed by atoms with van der Waals surface area (Å²) in [6.07, 6.45) is 4.38. The quantitative estimate of drug-likeness (QED) is 0.471. The number of nitrogens with one attached hydrogen (secondary N) is 1. The summed E-state index contributed by atoms with van der Waals surface area (Å²) in [5.41, 5.74) is -1.13. The molecular formula is C12H25NO4. The lowest BCUT2D eigenvalue weighted by Crippen LogP contribution is -2.44. The molecule has 0 heterocycles. The van der Waals surface area contributed by atoms with E-state index in [4.69, 9.17) is 9.84 Å². The van der Waals surface area contributed by atoms with Gasteiger partial charge < -0.3 is 25.4 Å². The van der Waals surface area contributed by atoms with Crippen molar-refractivity contribution in [3.63, 3.8) is 0 Å². The fourth-order valence-corrected chi connectivity index (χ4v) is 1.93. The molecule has 2 atom stereocenters. The van der Waals surface area contributed by atoms with Crippen molar-refractivity contribution < 1.29 is 20.1 Å². The Bertz CT molecular complexity index is 205. The first-order valence-electron chi connectivity index (χ1n) is 6.37. The van der Waals surface area contributed by atoms with Gasteiger partial charge in [0, 0.05) is 13.1 Å². The molecule has 0 bridgehead atoms. The normalized spacial score (nSPS) is 22.6. The van der Waals surface area contributed by atoms with Crippen molar-refractivity contribution in [3.05, 3.63) is 0 Å². The van der Waals surface area contributed by atoms with Gasteiger partial charge in [-0.1, -0.05) is 12.8 Å². The zero-order chi connectivity index (χ0) is 12.7. The van der Waals surface area contributed by atoms with Gasteiger partial charge in [0.15, 0.2) is 0 Å². The van der Waals surface area contributed by atoms with Crippen LogP contribution < -0.4 is 5.32 Å². The summed E-state index contributed by atoms with van der Waals surface area (Å²) < 4.78 is 5.57. The molecule has 102 valence electrons. The SMILES string of the molecule is CC(O)(CO)CNCC(O)COC1CCCC1. The van der Waals surface area contributed by atoms with Gasteiger partial charge in [-0.05, 0) is 19.8 Å². The van der Waals surface area contributed by atoms with E-state index >= 15 is 0 Å². The van der Waals surface area contributed by atoms with Gasteiger partial charge in [0.2, 0.25) is 0 Å². The minimum atomic E-state index is -1.13. The molecule has 5 nitrogen and oxygen atoms in total. The molecule has 0 saturated heterocycles. The number of ether oxygens (including phenoxy) is 1. The third-order valence-corrected chi connectivity index (χ3v) is 3.05. The summed E-state index contributed by atoms with van der Waals surface area (Å²) >= 11 is 0. The van der Waals surface area contributed by atoms with Crippen molar-refractivity contribution >= 4 is 0 Å². The van der Waals surface area contributed by atoms with Gasteiger partial charge >= 0.3 is 0 Å². The highest BCUT2D eigenvalue weighted by Gasteiger charge is 2.20. The molecule has 1 fully saturated rings. The highest BCUT2D eigenvalue weighted by Crippen LogP contribution is 2.20. The molecule has 2 unspecified atom stereocenters. The van der Waals surface area contributed by atoms with Gasteiger partial charge in [0.05, 0.1) is 31.0 Å². The maximum Gasteiger partial charge on any atom is 0.0972 e. The summed E-state index contributed by atoms with van der Waals surface area (Å²) in [6.45, 7) is 2.20. The van der Waals surface area contributed by atoms with Crippen molar-refractivity contribution in [2.45, 2.75) is 50.4 Å². The predicted molar refractivity (Wildman–Crippen MR) is 64.8 cm³/mol. The maximum atomic E-state index is 9.65. The Morgan fingerprint density at radius 3 is 2.65 bits per heavy atom. The summed E-state index contributed by atoms with van der Waals surface area (Å²) in [6, 6.07) is 0. The van der Waals surface area contributed by atoms with E-state index in [0.29, 0.717) is 19.3 Å². The molecule has 0 radical (unpaired) electrons. The minimum absolute atomic E-state index is 0.254. The number of aliphatic hydroxyl groups excluding tert-OH is 2. The van der Waals surface area contributed by atoms with Crippen molar-refractivity contribution in [2.75, 3.05) is 26.3 Å². The van der Waals surface area contributed by atoms with Crippen LogP contribution in [0.25, 0.3) is 0 Å². The Morgan fingerprint density at radius 1 is 1.41 bits per heavy atom. The molecule has 1 saturated carbocycles. The summed E-state index contributed by atoms with van der Waals surface area (Å²) in [5.74, 6) is 0. The van der Waals surface area contributed by atoms with Gasteiger partial charge in [0.1, 0.15) is 0 Å². The largest absolute Gasteiger partial charge is 0.393 e. The van der Waals surface area contributed by atoms with Crippen LogP contribution in [0.5, 0.6) is 0 Å². The fraction of sp³-hybridized carbons (Fsp3) is 1.00. The molecule has 0 aromatic rings. The van der Waals surface area contributed by atoms with E-state index in [2.05, 4.69) is 5.32 Å². The molecule has 5 heteroatoms. The highest BCUT2D eigenvalue weighted by atomic mass is 16.5. The first-order chi connectivity index (χ1) is 8.03. The highest BCUT2D eigenvalue weighted by molar-refractivity contribution is 4.75. The fourth-order valence-electron chi connectivity index (χ4n) is 1.93. The van der Waals surface area contributed by atoms with Crippen LogP contribution in [0.1, 0.15) is 32.6 Å². The smallest absolute Gasteiger partial charge is 0.0972 e. The Hall–Kier alpha value is -0.200. The van der Waals surface area contributed by atoms with Crippen molar-refractivity contribution in [2.24, 2.45) is 0 Å². The zero-order valence-electron chi connectivity index (χ0n) is 10.6. The Kier molecular flexibility index (Phi) is 6.37. The topological polar surface area (TPSA) is 82.0 Å². The third kappa shape index (κ3) is 6.33. The average Bonchev–Trinajstić information content (AvgIpc) is 2.79. The van der Waals surface area contributed by atoms with Crippen LogP contribution in [0, 0.1) is 0 Å². The number of aliphatic hydroxyl groups is 3. The number of hydrogen-bond acceptors (Lipinski definition) is 5. The Labute approximate surface area is 103 Å². The van der Waals surface area contributed by atoms with E-state index in [-0.39, 0.29) is 13.2 Å². The van der Waals surface area contributed by atoms with E-state index in [9.17, 15) is 10.2 Å². The van der Waals surface area contributed by atoms with Gasteiger partial charge in [0.25, 0.3) is 0 Å². The molecule has 0 amide bonds. The second kappa shape index (κ2) is 7.28. The average molecular weight is 247 g/mol. The molecule has 1 rings (SSSR count). The van der Waals surface area contributed by atoms with E-state index < -0.39 is 11.7 Å². The second-order valence-electron chi connectivity index (χ2n) is 5.18. The van der Waals surface area contributed by atoms with Crippen LogP contribution in [0.15, 0.2) is 0 Å². The summed E-state index contributed by atoms with van der Waals surface area (Å²) in [4.78, 5) is 0. The Morgan fingerprint density at radius 2 is 2.06 bits per heavy atom. The Balaban J connectivity index is 2.02. The lowest BCUT2D eigenvalue weighted by Gasteiger charge is -2.22. The van der Waals surface area contributed by atoms with Crippen LogP contribution >= 0.6 is 0 Å². The molecule has 1 aliphatic carbocycles. The monoisotopic (exact) mass is 247 g/mol. The first kappa shape index (κ1) is 14.9.